The fourth-order valence-corrected chi connectivity index (χ4v) is 6.64. The summed E-state index contributed by atoms with van der Waals surface area (Å²) in [7, 11) is 0. The topological polar surface area (TPSA) is 125 Å². The van der Waals surface area contributed by atoms with Crippen LogP contribution < -0.4 is 10.1 Å². The summed E-state index contributed by atoms with van der Waals surface area (Å²) in [6.45, 7) is 8.95. The van der Waals surface area contributed by atoms with Crippen molar-refractivity contribution < 1.29 is 27.5 Å². The van der Waals surface area contributed by atoms with E-state index >= 15 is 0 Å². The number of benzene rings is 2. The van der Waals surface area contributed by atoms with Gasteiger partial charge in [-0.15, -0.1) is 23.4 Å². The second-order valence-electron chi connectivity index (χ2n) is 12.7. The Labute approximate surface area is 266 Å². The van der Waals surface area contributed by atoms with Crippen LogP contribution in [-0.4, -0.2) is 55.1 Å². The van der Waals surface area contributed by atoms with Crippen molar-refractivity contribution in [3.63, 3.8) is 0 Å². The van der Waals surface area contributed by atoms with Gasteiger partial charge in [0.1, 0.15) is 17.1 Å². The molecule has 0 unspecified atom stereocenters. The minimum Gasteiger partial charge on any atom is -0.406 e. The van der Waals surface area contributed by atoms with Gasteiger partial charge < -0.3 is 15.0 Å². The van der Waals surface area contributed by atoms with Crippen LogP contribution in [-0.2, 0) is 11.3 Å². The summed E-state index contributed by atoms with van der Waals surface area (Å²) < 4.78 is 42.4. The Morgan fingerprint density at radius 3 is 2.33 bits per heavy atom. The van der Waals surface area contributed by atoms with Crippen molar-refractivity contribution in [3.8, 4) is 5.75 Å². The normalized spacial score (nSPS) is 20.9. The smallest absolute Gasteiger partial charge is 0.406 e. The number of tetrazole rings is 1. The minimum atomic E-state index is -4.81. The molecule has 13 heteroatoms. The lowest BCUT2D eigenvalue weighted by Gasteiger charge is -2.48. The predicted molar refractivity (Wildman–Crippen MR) is 165 cm³/mol. The summed E-state index contributed by atoms with van der Waals surface area (Å²) in [5, 5.41) is 16.3. The molecule has 2 N–H and O–H groups in total. The molecule has 0 radical (unpaired) electrons. The average molecular weight is 640 g/mol. The van der Waals surface area contributed by atoms with Gasteiger partial charge in [-0.25, -0.2) is 0 Å². The Hall–Kier alpha value is -4.29. The van der Waals surface area contributed by atoms with Gasteiger partial charge in [-0.3, -0.25) is 14.6 Å². The number of aromatic nitrogens is 4. The molecule has 0 bridgehead atoms. The van der Waals surface area contributed by atoms with Crippen LogP contribution in [0.25, 0.3) is 0 Å². The summed E-state index contributed by atoms with van der Waals surface area (Å²) in [6.07, 6.45) is 0.859. The molecule has 0 saturated heterocycles. The lowest BCUT2D eigenvalue weighted by Crippen LogP contribution is -2.51. The van der Waals surface area contributed by atoms with E-state index in [1.54, 1.807) is 12.1 Å². The fraction of sp³-hybridized carbons (Fsp3) is 0.515. The largest absolute Gasteiger partial charge is 0.573 e. The monoisotopic (exact) mass is 639 g/mol. The first-order valence-electron chi connectivity index (χ1n) is 15.8. The van der Waals surface area contributed by atoms with E-state index in [1.165, 1.54) is 24.3 Å². The van der Waals surface area contributed by atoms with Crippen molar-refractivity contribution in [3.05, 3.63) is 71.0 Å². The fourth-order valence-electron chi connectivity index (χ4n) is 6.64. The zero-order valence-electron chi connectivity index (χ0n) is 26.5. The third kappa shape index (κ3) is 7.07. The summed E-state index contributed by atoms with van der Waals surface area (Å²) >= 11 is 0. The summed E-state index contributed by atoms with van der Waals surface area (Å²) in [5.74, 6) is -0.0637. The number of nitrogens with zero attached hydrogens (tertiary/aromatic N) is 5. The van der Waals surface area contributed by atoms with Crippen LogP contribution in [0.4, 0.5) is 13.2 Å². The number of hydrogen-bond acceptors (Lipinski definition) is 7. The Morgan fingerprint density at radius 1 is 1.09 bits per heavy atom. The Balaban J connectivity index is 1.45. The molecule has 1 spiro atoms. The number of ether oxygens (including phenoxy) is 1. The molecule has 2 aromatic carbocycles. The number of carbonyl (C=O) groups is 2. The molecule has 1 atom stereocenters. The van der Waals surface area contributed by atoms with Crippen molar-refractivity contribution >= 4 is 17.5 Å². The van der Waals surface area contributed by atoms with Gasteiger partial charge in [0.05, 0.1) is 12.6 Å². The van der Waals surface area contributed by atoms with E-state index in [0.29, 0.717) is 42.1 Å². The molecule has 46 heavy (non-hydrogen) atoms. The van der Waals surface area contributed by atoms with Crippen LogP contribution in [0.15, 0.2) is 53.5 Å². The van der Waals surface area contributed by atoms with E-state index in [9.17, 15) is 22.8 Å². The van der Waals surface area contributed by atoms with E-state index < -0.39 is 12.0 Å². The first kappa shape index (κ1) is 33.1. The highest BCUT2D eigenvalue weighted by molar-refractivity contribution is 6.46. The number of rotatable bonds is 11. The van der Waals surface area contributed by atoms with Crippen molar-refractivity contribution in [2.75, 3.05) is 0 Å². The molecule has 2 heterocycles. The number of amides is 2. The lowest BCUT2D eigenvalue weighted by molar-refractivity contribution is -0.274. The maximum atomic E-state index is 14.4. The van der Waals surface area contributed by atoms with Crippen molar-refractivity contribution in [1.29, 1.82) is 0 Å². The average Bonchev–Trinajstić information content (AvgIpc) is 3.65. The van der Waals surface area contributed by atoms with Crippen LogP contribution >= 0.6 is 0 Å². The molecule has 5 rings (SSSR count). The highest BCUT2D eigenvalue weighted by atomic mass is 19.4. The first-order chi connectivity index (χ1) is 21.9. The molecule has 246 valence electrons. The molecular formula is C33H40F3N7O3. The zero-order valence-corrected chi connectivity index (χ0v) is 26.5. The van der Waals surface area contributed by atoms with Gasteiger partial charge in [-0.05, 0) is 85.4 Å². The quantitative estimate of drug-likeness (QED) is 0.246. The van der Waals surface area contributed by atoms with Crippen LogP contribution in [0.2, 0.25) is 0 Å². The molecule has 1 fully saturated rings. The van der Waals surface area contributed by atoms with Gasteiger partial charge in [-0.1, -0.05) is 57.9 Å². The SMILES string of the molecule is CCC[C@H](c1ccc(C(=O)NCc2nn[nH]n2)cc1)N1C(=O)C(c2ccc(OC(F)(F)F)cc2)=NC12CCC(C(C)(C)CC)CC2. The van der Waals surface area contributed by atoms with Crippen molar-refractivity contribution in [1.82, 2.24) is 30.8 Å². The molecule has 3 aromatic rings. The maximum Gasteiger partial charge on any atom is 0.573 e. The highest BCUT2D eigenvalue weighted by Gasteiger charge is 2.52. The van der Waals surface area contributed by atoms with Gasteiger partial charge >= 0.3 is 6.36 Å². The van der Waals surface area contributed by atoms with Crippen LogP contribution in [0.3, 0.4) is 0 Å². The summed E-state index contributed by atoms with van der Waals surface area (Å²) in [4.78, 5) is 34.2. The molecule has 1 aliphatic heterocycles. The molecule has 2 amide bonds. The van der Waals surface area contributed by atoms with Crippen LogP contribution in [0, 0.1) is 11.3 Å². The molecule has 10 nitrogen and oxygen atoms in total. The number of nitrogens with one attached hydrogen (secondary N) is 2. The molecular weight excluding hydrogens is 599 g/mol. The number of hydrogen-bond donors (Lipinski definition) is 2. The number of carbonyl (C=O) groups excluding carboxylic acids is 2. The van der Waals surface area contributed by atoms with Gasteiger partial charge in [0.2, 0.25) is 0 Å². The van der Waals surface area contributed by atoms with Gasteiger partial charge in [-0.2, -0.15) is 5.21 Å². The number of aromatic amines is 1. The number of alkyl halides is 3. The first-order valence-corrected chi connectivity index (χ1v) is 15.8. The predicted octanol–water partition coefficient (Wildman–Crippen LogP) is 6.52. The van der Waals surface area contributed by atoms with Crippen molar-refractivity contribution in [2.45, 2.75) is 97.3 Å². The molecule has 1 saturated carbocycles. The van der Waals surface area contributed by atoms with Crippen LogP contribution in [0.1, 0.15) is 106 Å². The minimum absolute atomic E-state index is 0.125. The van der Waals surface area contributed by atoms with Gasteiger partial charge in [0.25, 0.3) is 11.8 Å². The highest BCUT2D eigenvalue weighted by Crippen LogP contribution is 2.50. The number of aliphatic imine (C=N–C) groups is 1. The molecule has 2 aliphatic rings. The Morgan fingerprint density at radius 2 is 1.76 bits per heavy atom. The van der Waals surface area contributed by atoms with E-state index in [1.807, 2.05) is 17.0 Å². The summed E-state index contributed by atoms with van der Waals surface area (Å²) in [5.41, 5.74) is 1.38. The lowest BCUT2D eigenvalue weighted by atomic mass is 9.67. The van der Waals surface area contributed by atoms with E-state index in [-0.39, 0.29) is 41.3 Å². The second kappa shape index (κ2) is 13.2. The maximum absolute atomic E-state index is 14.4. The van der Waals surface area contributed by atoms with Crippen molar-refractivity contribution in [2.24, 2.45) is 16.3 Å². The van der Waals surface area contributed by atoms with E-state index in [2.05, 4.69) is 58.4 Å². The Kier molecular flexibility index (Phi) is 9.50. The van der Waals surface area contributed by atoms with Gasteiger partial charge in [0, 0.05) is 11.1 Å². The Bertz CT molecular complexity index is 1530. The van der Waals surface area contributed by atoms with E-state index in [0.717, 1.165) is 31.2 Å². The third-order valence-corrected chi connectivity index (χ3v) is 9.58. The number of halogens is 3. The molecule has 1 aromatic heterocycles. The van der Waals surface area contributed by atoms with Gasteiger partial charge in [0.15, 0.2) is 5.82 Å². The molecule has 1 aliphatic carbocycles. The summed E-state index contributed by atoms with van der Waals surface area (Å²) in [6, 6.07) is 12.2. The standard InChI is InChI=1S/C33H40F3N7O3/c1-5-7-26(21-8-10-23(11-9-21)29(44)37-20-27-39-41-42-40-27)43-30(45)28(22-12-14-25(15-13-22)46-33(34,35)36)38-32(43)18-16-24(17-19-32)31(3,4)6-2/h8-15,24,26H,5-7,16-20H2,1-4H3,(H,37,44)(H,39,40,41,42)/t24?,26-,32?/m1/s1. The zero-order chi connectivity index (χ0) is 33.1. The van der Waals surface area contributed by atoms with E-state index in [4.69, 9.17) is 4.99 Å². The second-order valence-corrected chi connectivity index (χ2v) is 12.7. The van der Waals surface area contributed by atoms with Crippen LogP contribution in [0.5, 0.6) is 5.75 Å². The number of H-pyrrole nitrogens is 1. The third-order valence-electron chi connectivity index (χ3n) is 9.58.